The number of hydrogen-bond acceptors (Lipinski definition) is 5. The van der Waals surface area contributed by atoms with Gasteiger partial charge in [-0.05, 0) is 56.2 Å². The Morgan fingerprint density at radius 3 is 2.51 bits per heavy atom. The number of rotatable bonds is 8. The van der Waals surface area contributed by atoms with Crippen molar-refractivity contribution in [2.75, 3.05) is 6.54 Å². The number of carbonyl (C=O) groups excluding carboxylic acids is 3. The second-order valence-electron chi connectivity index (χ2n) is 9.87. The van der Waals surface area contributed by atoms with Gasteiger partial charge in [0.25, 0.3) is 0 Å². The molecule has 0 radical (unpaired) electrons. The fourth-order valence-electron chi connectivity index (χ4n) is 4.82. The second kappa shape index (κ2) is 11.3. The summed E-state index contributed by atoms with van der Waals surface area (Å²) in [4.78, 5) is 46.5. The number of aryl methyl sites for hydroxylation is 2. The van der Waals surface area contributed by atoms with Crippen molar-refractivity contribution < 1.29 is 20.1 Å². The van der Waals surface area contributed by atoms with Crippen LogP contribution in [0.1, 0.15) is 63.4 Å². The molecule has 1 aliphatic rings. The summed E-state index contributed by atoms with van der Waals surface area (Å²) in [6.45, 7) is 11.9. The van der Waals surface area contributed by atoms with E-state index in [0.29, 0.717) is 18.7 Å². The van der Waals surface area contributed by atoms with Crippen LogP contribution in [0.4, 0.5) is 0 Å². The van der Waals surface area contributed by atoms with Crippen LogP contribution in [0, 0.1) is 25.7 Å². The van der Waals surface area contributed by atoms with E-state index < -0.39 is 12.0 Å². The molecule has 1 aromatic heterocycles. The minimum atomic E-state index is -0.803. The molecule has 7 nitrogen and oxygen atoms in total. The molecular formula is C27H37N4O3S+. The van der Waals surface area contributed by atoms with E-state index in [1.165, 1.54) is 6.08 Å². The molecule has 35 heavy (non-hydrogen) atoms. The van der Waals surface area contributed by atoms with Crippen LogP contribution in [-0.4, -0.2) is 40.1 Å². The van der Waals surface area contributed by atoms with Crippen molar-refractivity contribution in [2.24, 2.45) is 11.8 Å². The molecule has 188 valence electrons. The number of quaternary nitrogens is 1. The Kier molecular flexibility index (Phi) is 8.61. The Labute approximate surface area is 211 Å². The molecule has 1 saturated heterocycles. The fraction of sp³-hybridized carbons (Fsp3) is 0.481. The van der Waals surface area contributed by atoms with Gasteiger partial charge in [0.1, 0.15) is 17.7 Å². The normalized spacial score (nSPS) is 18.0. The van der Waals surface area contributed by atoms with Gasteiger partial charge in [-0.25, -0.2) is 4.98 Å². The quantitative estimate of drug-likeness (QED) is 0.429. The van der Waals surface area contributed by atoms with Crippen molar-refractivity contribution in [3.8, 4) is 10.4 Å². The number of aromatic nitrogens is 1. The first-order valence-electron chi connectivity index (χ1n) is 12.2. The number of nitrogens with zero attached hydrogens (tertiary/aromatic N) is 2. The summed E-state index contributed by atoms with van der Waals surface area (Å²) < 4.78 is 0. The number of allylic oxidation sites excluding steroid dienone is 2. The Balaban J connectivity index is 1.74. The third kappa shape index (κ3) is 6.05. The van der Waals surface area contributed by atoms with E-state index in [0.717, 1.165) is 33.7 Å². The molecule has 1 fully saturated rings. The van der Waals surface area contributed by atoms with Crippen molar-refractivity contribution in [3.05, 3.63) is 52.3 Å². The maximum absolute atomic E-state index is 13.4. The molecule has 0 bridgehead atoms. The molecule has 0 aliphatic carbocycles. The summed E-state index contributed by atoms with van der Waals surface area (Å²) in [5.41, 5.74) is 10.5. The zero-order chi connectivity index (χ0) is 25.9. The monoisotopic (exact) mass is 497 g/mol. The Bertz CT molecular complexity index is 1130. The predicted molar refractivity (Wildman–Crippen MR) is 138 cm³/mol. The molecule has 1 aromatic carbocycles. The number of thiazole rings is 1. The average Bonchev–Trinajstić information content (AvgIpc) is 3.41. The van der Waals surface area contributed by atoms with Gasteiger partial charge < -0.3 is 16.0 Å². The highest BCUT2D eigenvalue weighted by Gasteiger charge is 2.40. The molecule has 0 saturated carbocycles. The van der Waals surface area contributed by atoms with Crippen LogP contribution < -0.4 is 11.1 Å². The highest BCUT2D eigenvalue weighted by Crippen LogP contribution is 2.31. The summed E-state index contributed by atoms with van der Waals surface area (Å²) in [6, 6.07) is 5.46. The van der Waals surface area contributed by atoms with Crippen LogP contribution in [0.25, 0.3) is 10.4 Å². The van der Waals surface area contributed by atoms with Crippen molar-refractivity contribution in [1.82, 2.24) is 15.2 Å². The number of hydrogen-bond donors (Lipinski definition) is 2. The van der Waals surface area contributed by atoms with Gasteiger partial charge in [0.05, 0.1) is 22.1 Å². The van der Waals surface area contributed by atoms with Crippen molar-refractivity contribution in [3.63, 3.8) is 0 Å². The summed E-state index contributed by atoms with van der Waals surface area (Å²) in [5, 5.41) is 3.11. The number of ketones is 1. The lowest BCUT2D eigenvalue weighted by atomic mass is 9.89. The predicted octanol–water partition coefficient (Wildman–Crippen LogP) is 3.58. The molecule has 0 spiro atoms. The van der Waals surface area contributed by atoms with Gasteiger partial charge in [0.15, 0.2) is 5.78 Å². The smallest absolute Gasteiger partial charge is 0.243 e. The molecule has 1 aliphatic heterocycles. The molecule has 8 heteroatoms. The van der Waals surface area contributed by atoms with Gasteiger partial charge in [-0.1, -0.05) is 32.0 Å². The summed E-state index contributed by atoms with van der Waals surface area (Å²) in [6.07, 6.45) is 2.76. The Morgan fingerprint density at radius 2 is 1.94 bits per heavy atom. The zero-order valence-electron chi connectivity index (χ0n) is 21.6. The number of benzene rings is 1. The minimum absolute atomic E-state index is 0.169. The number of likely N-dealkylation sites (tertiary alicyclic amines) is 1. The highest BCUT2D eigenvalue weighted by atomic mass is 32.1. The largest absolute Gasteiger partial charge is 0.348 e. The molecule has 2 aromatic rings. The standard InChI is InChI=1S/C27H36N4O3S/c1-15(2)24(23(32)13-17(4)28)27(34)31-11-7-8-22(31)26(33)30-18(5)21-10-9-20(12-16(21)3)25-19(6)29-14-35-25/h9-10,12-15,18,22,24H,7-8,11,28H2,1-6H3,(H,30,33)/p+1/b17-13-/t18-,22-,24+/m0/s1. The van der Waals surface area contributed by atoms with E-state index in [-0.39, 0.29) is 29.6 Å². The maximum Gasteiger partial charge on any atom is 0.243 e. The second-order valence-corrected chi connectivity index (χ2v) is 10.7. The van der Waals surface area contributed by atoms with Crippen LogP contribution in [0.2, 0.25) is 0 Å². The molecule has 0 unspecified atom stereocenters. The third-order valence-corrected chi connectivity index (χ3v) is 7.55. The van der Waals surface area contributed by atoms with E-state index in [4.69, 9.17) is 0 Å². The molecule has 2 amide bonds. The van der Waals surface area contributed by atoms with Gasteiger partial charge in [-0.3, -0.25) is 14.4 Å². The van der Waals surface area contributed by atoms with Gasteiger partial charge in [-0.15, -0.1) is 11.3 Å². The first-order chi connectivity index (χ1) is 16.5. The van der Waals surface area contributed by atoms with Crippen molar-refractivity contribution >= 4 is 28.9 Å². The molecule has 4 N–H and O–H groups in total. The van der Waals surface area contributed by atoms with Gasteiger partial charge in [-0.2, -0.15) is 0 Å². The molecule has 2 heterocycles. The maximum atomic E-state index is 13.4. The van der Waals surface area contributed by atoms with Crippen molar-refractivity contribution in [1.29, 1.82) is 0 Å². The van der Waals surface area contributed by atoms with Crippen LogP contribution in [0.15, 0.2) is 35.5 Å². The topological polar surface area (TPSA) is 107 Å². The van der Waals surface area contributed by atoms with E-state index in [1.54, 1.807) is 23.2 Å². The van der Waals surface area contributed by atoms with E-state index in [9.17, 15) is 14.4 Å². The van der Waals surface area contributed by atoms with E-state index >= 15 is 0 Å². The fourth-order valence-corrected chi connectivity index (χ4v) is 5.62. The zero-order valence-corrected chi connectivity index (χ0v) is 22.4. The molecule has 3 rings (SSSR count). The van der Waals surface area contributed by atoms with E-state index in [2.05, 4.69) is 28.2 Å². The number of nitrogens with one attached hydrogen (secondary N) is 1. The summed E-state index contributed by atoms with van der Waals surface area (Å²) in [7, 11) is 0. The lowest BCUT2D eigenvalue weighted by Crippen LogP contribution is -2.51. The average molecular weight is 498 g/mol. The van der Waals surface area contributed by atoms with Crippen LogP contribution in [0.3, 0.4) is 0 Å². The summed E-state index contributed by atoms with van der Waals surface area (Å²) in [5.74, 6) is -1.67. The number of amides is 2. The van der Waals surface area contributed by atoms with Gasteiger partial charge in [0, 0.05) is 19.5 Å². The Hall–Kier alpha value is -2.84. The third-order valence-electron chi connectivity index (χ3n) is 6.57. The number of carbonyl (C=O) groups is 3. The molecular weight excluding hydrogens is 460 g/mol. The SMILES string of the molecule is C/C([NH3+])=C/C(=O)[C@H](C(=O)N1CCC[C@H]1C(=O)N[C@@H](C)c1ccc(-c2scnc2C)cc1C)C(C)C. The van der Waals surface area contributed by atoms with Gasteiger partial charge >= 0.3 is 0 Å². The van der Waals surface area contributed by atoms with Crippen molar-refractivity contribution in [2.45, 2.75) is 66.5 Å². The van der Waals surface area contributed by atoms with Crippen LogP contribution in [-0.2, 0) is 14.4 Å². The first kappa shape index (κ1) is 26.8. The van der Waals surface area contributed by atoms with Crippen LogP contribution in [0.5, 0.6) is 0 Å². The van der Waals surface area contributed by atoms with Gasteiger partial charge in [0.2, 0.25) is 11.8 Å². The lowest BCUT2D eigenvalue weighted by molar-refractivity contribution is -0.301. The Morgan fingerprint density at radius 1 is 1.23 bits per heavy atom. The summed E-state index contributed by atoms with van der Waals surface area (Å²) >= 11 is 1.62. The highest BCUT2D eigenvalue weighted by molar-refractivity contribution is 7.13. The van der Waals surface area contributed by atoms with Crippen LogP contribution >= 0.6 is 11.3 Å². The lowest BCUT2D eigenvalue weighted by Gasteiger charge is -2.30. The first-order valence-corrected chi connectivity index (χ1v) is 13.0. The minimum Gasteiger partial charge on any atom is -0.348 e. The van der Waals surface area contributed by atoms with E-state index in [1.807, 2.05) is 46.2 Å². The molecule has 3 atom stereocenters.